The smallest absolute Gasteiger partial charge is 0.0486 e. The van der Waals surface area contributed by atoms with Crippen LogP contribution < -0.4 is 5.73 Å². The third-order valence-electron chi connectivity index (χ3n) is 3.18. The summed E-state index contributed by atoms with van der Waals surface area (Å²) in [6.45, 7) is 3.68. The highest BCUT2D eigenvalue weighted by atomic mass is 16.5. The van der Waals surface area contributed by atoms with Gasteiger partial charge in [-0.05, 0) is 43.4 Å². The molecule has 0 radical (unpaired) electrons. The zero-order valence-electron chi connectivity index (χ0n) is 9.20. The summed E-state index contributed by atoms with van der Waals surface area (Å²) in [6, 6.07) is 2.02. The molecule has 0 amide bonds. The number of rotatable bonds is 1. The minimum Gasteiger partial charge on any atom is -0.381 e. The third kappa shape index (κ3) is 2.19. The van der Waals surface area contributed by atoms with E-state index in [0.717, 1.165) is 32.5 Å². The largest absolute Gasteiger partial charge is 0.381 e. The maximum Gasteiger partial charge on any atom is 0.0486 e. The van der Waals surface area contributed by atoms with Crippen molar-refractivity contribution in [2.75, 3.05) is 13.2 Å². The minimum absolute atomic E-state index is 0.241. The van der Waals surface area contributed by atoms with Crippen LogP contribution in [0.1, 0.15) is 30.4 Å². The number of nitrogens with zero attached hydrogens (tertiary/aromatic N) is 1. The molecule has 1 atom stereocenters. The first-order valence-electron chi connectivity index (χ1n) is 5.50. The lowest BCUT2D eigenvalue weighted by Crippen LogP contribution is -2.37. The molecule has 1 unspecified atom stereocenters. The molecule has 1 aliphatic rings. The molecule has 2 heterocycles. The van der Waals surface area contributed by atoms with Crippen LogP contribution in [0, 0.1) is 6.92 Å². The topological polar surface area (TPSA) is 48.1 Å². The van der Waals surface area contributed by atoms with Gasteiger partial charge in [0.15, 0.2) is 0 Å². The Bertz CT molecular complexity index is 330. The summed E-state index contributed by atoms with van der Waals surface area (Å²) in [5, 5.41) is 0. The van der Waals surface area contributed by atoms with Crippen LogP contribution in [0.15, 0.2) is 18.5 Å². The van der Waals surface area contributed by atoms with E-state index in [1.165, 1.54) is 11.1 Å². The monoisotopic (exact) mass is 206 g/mol. The minimum atomic E-state index is -0.241. The van der Waals surface area contributed by atoms with Gasteiger partial charge in [-0.3, -0.25) is 4.98 Å². The van der Waals surface area contributed by atoms with Crippen LogP contribution in [0.4, 0.5) is 0 Å². The third-order valence-corrected chi connectivity index (χ3v) is 3.18. The van der Waals surface area contributed by atoms with E-state index < -0.39 is 0 Å². The van der Waals surface area contributed by atoms with Gasteiger partial charge in [0.25, 0.3) is 0 Å². The Morgan fingerprint density at radius 2 is 2.27 bits per heavy atom. The average molecular weight is 206 g/mol. The van der Waals surface area contributed by atoms with Crippen molar-refractivity contribution in [3.63, 3.8) is 0 Å². The summed E-state index contributed by atoms with van der Waals surface area (Å²) in [4.78, 5) is 4.18. The number of aromatic nitrogens is 1. The molecule has 3 heteroatoms. The molecule has 0 aliphatic carbocycles. The molecule has 2 N–H and O–H groups in total. The van der Waals surface area contributed by atoms with Gasteiger partial charge in [-0.25, -0.2) is 0 Å². The van der Waals surface area contributed by atoms with Gasteiger partial charge >= 0.3 is 0 Å². The highest BCUT2D eigenvalue weighted by molar-refractivity contribution is 5.29. The molecule has 15 heavy (non-hydrogen) atoms. The predicted octanol–water partition coefficient (Wildman–Crippen LogP) is 1.74. The molecule has 82 valence electrons. The zero-order chi connectivity index (χ0) is 10.7. The summed E-state index contributed by atoms with van der Waals surface area (Å²) in [6.07, 6.45) is 6.62. The van der Waals surface area contributed by atoms with E-state index in [4.69, 9.17) is 10.5 Å². The van der Waals surface area contributed by atoms with Crippen molar-refractivity contribution in [2.45, 2.75) is 31.7 Å². The lowest BCUT2D eigenvalue weighted by Gasteiger charge is -2.29. The Kier molecular flexibility index (Phi) is 3.03. The fraction of sp³-hybridized carbons (Fsp3) is 0.583. The first-order chi connectivity index (χ1) is 7.22. The normalized spacial score (nSPS) is 27.3. The molecule has 1 saturated heterocycles. The van der Waals surface area contributed by atoms with Crippen molar-refractivity contribution >= 4 is 0 Å². The van der Waals surface area contributed by atoms with Crippen molar-refractivity contribution in [1.82, 2.24) is 4.98 Å². The fourth-order valence-corrected chi connectivity index (χ4v) is 2.23. The lowest BCUT2D eigenvalue weighted by molar-refractivity contribution is 0.139. The molecule has 1 aromatic rings. The molecule has 3 nitrogen and oxygen atoms in total. The Balaban J connectivity index is 2.30. The van der Waals surface area contributed by atoms with E-state index in [-0.39, 0.29) is 5.54 Å². The molecule has 0 aromatic carbocycles. The van der Waals surface area contributed by atoms with Crippen molar-refractivity contribution in [3.05, 3.63) is 29.6 Å². The van der Waals surface area contributed by atoms with Crippen LogP contribution in [-0.4, -0.2) is 18.2 Å². The van der Waals surface area contributed by atoms with Gasteiger partial charge in [0.1, 0.15) is 0 Å². The number of ether oxygens (including phenoxy) is 1. The van der Waals surface area contributed by atoms with Gasteiger partial charge in [0.2, 0.25) is 0 Å². The van der Waals surface area contributed by atoms with Crippen LogP contribution in [0.25, 0.3) is 0 Å². The van der Waals surface area contributed by atoms with E-state index >= 15 is 0 Å². The van der Waals surface area contributed by atoms with Crippen molar-refractivity contribution in [1.29, 1.82) is 0 Å². The van der Waals surface area contributed by atoms with Gasteiger partial charge in [-0.15, -0.1) is 0 Å². The summed E-state index contributed by atoms with van der Waals surface area (Å²) >= 11 is 0. The van der Waals surface area contributed by atoms with Crippen LogP contribution in [0.5, 0.6) is 0 Å². The van der Waals surface area contributed by atoms with Gasteiger partial charge in [0, 0.05) is 31.1 Å². The fourth-order valence-electron chi connectivity index (χ4n) is 2.23. The summed E-state index contributed by atoms with van der Waals surface area (Å²) in [7, 11) is 0. The van der Waals surface area contributed by atoms with E-state index in [9.17, 15) is 0 Å². The van der Waals surface area contributed by atoms with Crippen molar-refractivity contribution in [2.24, 2.45) is 5.73 Å². The number of aryl methyl sites for hydroxylation is 1. The van der Waals surface area contributed by atoms with Gasteiger partial charge in [-0.1, -0.05) is 0 Å². The molecule has 2 rings (SSSR count). The standard InChI is InChI=1S/C12H18N2O/c1-10-3-6-14-9-11(10)12(13)4-2-7-15-8-5-12/h3,6,9H,2,4-5,7-8,13H2,1H3. The first-order valence-corrected chi connectivity index (χ1v) is 5.50. The maximum absolute atomic E-state index is 6.46. The zero-order valence-corrected chi connectivity index (χ0v) is 9.20. The Morgan fingerprint density at radius 1 is 1.40 bits per heavy atom. The van der Waals surface area contributed by atoms with Crippen LogP contribution >= 0.6 is 0 Å². The molecule has 0 spiro atoms. The second-order valence-electron chi connectivity index (χ2n) is 4.31. The second-order valence-corrected chi connectivity index (χ2v) is 4.31. The van der Waals surface area contributed by atoms with E-state index in [2.05, 4.69) is 11.9 Å². The molecule has 1 fully saturated rings. The van der Waals surface area contributed by atoms with Crippen LogP contribution in [-0.2, 0) is 10.3 Å². The molecule has 0 bridgehead atoms. The average Bonchev–Trinajstić information content (AvgIpc) is 2.44. The Labute approximate surface area is 90.7 Å². The summed E-state index contributed by atoms with van der Waals surface area (Å²) < 4.78 is 5.45. The first kappa shape index (κ1) is 10.6. The second kappa shape index (κ2) is 4.29. The van der Waals surface area contributed by atoms with Crippen LogP contribution in [0.3, 0.4) is 0 Å². The number of pyridine rings is 1. The number of hydrogen-bond acceptors (Lipinski definition) is 3. The predicted molar refractivity (Wildman–Crippen MR) is 59.5 cm³/mol. The SMILES string of the molecule is Cc1ccncc1C1(N)CCCOCC1. The van der Waals surface area contributed by atoms with E-state index in [1.54, 1.807) is 0 Å². The summed E-state index contributed by atoms with van der Waals surface area (Å²) in [5.74, 6) is 0. The van der Waals surface area contributed by atoms with E-state index in [0.29, 0.717) is 0 Å². The van der Waals surface area contributed by atoms with Gasteiger partial charge in [0.05, 0.1) is 0 Å². The van der Waals surface area contributed by atoms with Gasteiger partial charge < -0.3 is 10.5 Å². The summed E-state index contributed by atoms with van der Waals surface area (Å²) in [5.41, 5.74) is 8.63. The highest BCUT2D eigenvalue weighted by Crippen LogP contribution is 2.30. The Hall–Kier alpha value is -0.930. The molecule has 0 saturated carbocycles. The van der Waals surface area contributed by atoms with Crippen molar-refractivity contribution in [3.8, 4) is 0 Å². The maximum atomic E-state index is 6.46. The Morgan fingerprint density at radius 3 is 3.07 bits per heavy atom. The van der Waals surface area contributed by atoms with E-state index in [1.807, 2.05) is 18.5 Å². The molecular formula is C12H18N2O. The molecule has 1 aromatic heterocycles. The number of nitrogens with two attached hydrogens (primary N) is 1. The lowest BCUT2D eigenvalue weighted by atomic mass is 9.83. The molecule has 1 aliphatic heterocycles. The highest BCUT2D eigenvalue weighted by Gasteiger charge is 2.29. The van der Waals surface area contributed by atoms with Crippen molar-refractivity contribution < 1.29 is 4.74 Å². The molecular weight excluding hydrogens is 188 g/mol. The van der Waals surface area contributed by atoms with Crippen LogP contribution in [0.2, 0.25) is 0 Å². The van der Waals surface area contributed by atoms with Gasteiger partial charge in [-0.2, -0.15) is 0 Å². The number of hydrogen-bond donors (Lipinski definition) is 1. The quantitative estimate of drug-likeness (QED) is 0.761.